The van der Waals surface area contributed by atoms with Gasteiger partial charge in [0.15, 0.2) is 0 Å². The maximum Gasteiger partial charge on any atom is 0.407 e. The number of carbonyl (C=O) groups excluding carboxylic acids is 1. The third-order valence-electron chi connectivity index (χ3n) is 6.20. The number of nitrogens with zero attached hydrogens (tertiary/aromatic N) is 2. The molecule has 0 fully saturated rings. The van der Waals surface area contributed by atoms with Gasteiger partial charge in [-0.25, -0.2) is 9.80 Å². The number of hydrogen-bond donors (Lipinski definition) is 4. The van der Waals surface area contributed by atoms with Crippen molar-refractivity contribution in [3.8, 4) is 0 Å². The number of aliphatic hydroxyl groups excluding tert-OH is 1. The van der Waals surface area contributed by atoms with Gasteiger partial charge in [-0.2, -0.15) is 0 Å². The van der Waals surface area contributed by atoms with Gasteiger partial charge >= 0.3 is 6.09 Å². The van der Waals surface area contributed by atoms with Crippen LogP contribution in [0.15, 0.2) is 60.7 Å². The molecule has 0 spiro atoms. The second-order valence-corrected chi connectivity index (χ2v) is 9.02. The lowest BCUT2D eigenvalue weighted by molar-refractivity contribution is -0.138. The standard InChI is InChI=1S/C25H36N4O4/c1-18(28(4)24(32)33)25(2,3)23(31)27-29(16-20-13-9-6-10-14-20)17-22(30)21(26)15-19-11-7-5-8-12-19/h5-14,18,21-22,30H,15-17,26H2,1-4H3,(H,27,31)(H,32,33)/t18-,21-,22-/m0/s1. The van der Waals surface area contributed by atoms with Crippen LogP contribution in [0.4, 0.5) is 4.79 Å². The van der Waals surface area contributed by atoms with Gasteiger partial charge in [-0.15, -0.1) is 0 Å². The zero-order chi connectivity index (χ0) is 24.6. The van der Waals surface area contributed by atoms with E-state index in [1.54, 1.807) is 25.8 Å². The van der Waals surface area contributed by atoms with Crippen molar-refractivity contribution in [2.45, 2.75) is 51.9 Å². The number of carboxylic acid groups (broad SMARTS) is 1. The molecule has 0 aliphatic heterocycles. The molecule has 2 rings (SSSR count). The molecule has 180 valence electrons. The first kappa shape index (κ1) is 26.3. The Morgan fingerprint density at radius 2 is 1.55 bits per heavy atom. The normalized spacial score (nSPS) is 14.4. The number of aliphatic hydroxyl groups is 1. The van der Waals surface area contributed by atoms with Crippen LogP contribution in [0.1, 0.15) is 31.9 Å². The van der Waals surface area contributed by atoms with Crippen LogP contribution < -0.4 is 11.2 Å². The molecular formula is C25H36N4O4. The monoisotopic (exact) mass is 456 g/mol. The van der Waals surface area contributed by atoms with E-state index < -0.39 is 29.7 Å². The molecule has 0 saturated heterocycles. The number of nitrogens with one attached hydrogen (secondary N) is 1. The van der Waals surface area contributed by atoms with E-state index in [4.69, 9.17) is 5.73 Å². The molecule has 8 heteroatoms. The smallest absolute Gasteiger partial charge is 0.407 e. The molecule has 0 bridgehead atoms. The van der Waals surface area contributed by atoms with Crippen LogP contribution in [0.3, 0.4) is 0 Å². The van der Waals surface area contributed by atoms with Crippen molar-refractivity contribution in [3.63, 3.8) is 0 Å². The summed E-state index contributed by atoms with van der Waals surface area (Å²) in [5.41, 5.74) is 10.1. The highest BCUT2D eigenvalue weighted by Gasteiger charge is 2.39. The number of rotatable bonds is 11. The predicted octanol–water partition coefficient (Wildman–Crippen LogP) is 2.48. The fourth-order valence-corrected chi connectivity index (χ4v) is 3.46. The van der Waals surface area contributed by atoms with Crippen LogP contribution in [0.2, 0.25) is 0 Å². The number of hydrogen-bond acceptors (Lipinski definition) is 5. The van der Waals surface area contributed by atoms with Gasteiger partial charge in [-0.3, -0.25) is 10.2 Å². The predicted molar refractivity (Wildman–Crippen MR) is 128 cm³/mol. The van der Waals surface area contributed by atoms with Crippen molar-refractivity contribution in [3.05, 3.63) is 71.8 Å². The van der Waals surface area contributed by atoms with Gasteiger partial charge in [-0.05, 0) is 38.3 Å². The Morgan fingerprint density at radius 1 is 1.03 bits per heavy atom. The van der Waals surface area contributed by atoms with Gasteiger partial charge in [0.1, 0.15) is 0 Å². The van der Waals surface area contributed by atoms with Gasteiger partial charge in [0.25, 0.3) is 0 Å². The van der Waals surface area contributed by atoms with E-state index in [1.165, 1.54) is 7.05 Å². The zero-order valence-corrected chi connectivity index (χ0v) is 19.8. The Hall–Kier alpha value is -2.94. The molecule has 0 radical (unpaired) electrons. The largest absolute Gasteiger partial charge is 0.465 e. The first-order chi connectivity index (χ1) is 15.5. The lowest BCUT2D eigenvalue weighted by Crippen LogP contribution is -2.57. The van der Waals surface area contributed by atoms with Crippen LogP contribution in [-0.4, -0.2) is 63.9 Å². The maximum atomic E-state index is 13.2. The second kappa shape index (κ2) is 11.8. The van der Waals surface area contributed by atoms with E-state index in [2.05, 4.69) is 5.43 Å². The molecule has 2 aromatic carbocycles. The summed E-state index contributed by atoms with van der Waals surface area (Å²) in [6.45, 7) is 5.57. The molecule has 0 aromatic heterocycles. The molecular weight excluding hydrogens is 420 g/mol. The summed E-state index contributed by atoms with van der Waals surface area (Å²) >= 11 is 0. The molecule has 0 saturated carbocycles. The summed E-state index contributed by atoms with van der Waals surface area (Å²) in [7, 11) is 1.44. The van der Waals surface area contributed by atoms with Gasteiger partial charge in [0.05, 0.1) is 11.5 Å². The van der Waals surface area contributed by atoms with E-state index in [9.17, 15) is 19.8 Å². The Bertz CT molecular complexity index is 892. The number of benzene rings is 2. The highest BCUT2D eigenvalue weighted by atomic mass is 16.4. The molecule has 2 amide bonds. The van der Waals surface area contributed by atoms with Gasteiger partial charge in [0.2, 0.25) is 5.91 Å². The van der Waals surface area contributed by atoms with E-state index in [0.29, 0.717) is 13.0 Å². The summed E-state index contributed by atoms with van der Waals surface area (Å²) in [6, 6.07) is 18.2. The SMILES string of the molecule is C[C@H](N(C)C(=O)O)C(C)(C)C(=O)NN(Cc1ccccc1)C[C@H](O)[C@@H](N)Cc1ccccc1. The maximum absolute atomic E-state index is 13.2. The Kier molecular flexibility index (Phi) is 9.40. The Balaban J connectivity index is 2.14. The van der Waals surface area contributed by atoms with Crippen LogP contribution in [-0.2, 0) is 17.8 Å². The third-order valence-corrected chi connectivity index (χ3v) is 6.20. The molecule has 0 unspecified atom stereocenters. The molecule has 33 heavy (non-hydrogen) atoms. The fourth-order valence-electron chi connectivity index (χ4n) is 3.46. The molecule has 8 nitrogen and oxygen atoms in total. The van der Waals surface area contributed by atoms with Gasteiger partial charge in [-0.1, -0.05) is 60.7 Å². The average Bonchev–Trinajstić information content (AvgIpc) is 2.79. The van der Waals surface area contributed by atoms with Crippen LogP contribution in [0.25, 0.3) is 0 Å². The summed E-state index contributed by atoms with van der Waals surface area (Å²) in [4.78, 5) is 25.7. The number of nitrogens with two attached hydrogens (primary N) is 1. The van der Waals surface area contributed by atoms with E-state index in [0.717, 1.165) is 16.0 Å². The minimum Gasteiger partial charge on any atom is -0.465 e. The van der Waals surface area contributed by atoms with E-state index in [1.807, 2.05) is 60.7 Å². The van der Waals surface area contributed by atoms with Gasteiger partial charge < -0.3 is 20.8 Å². The molecule has 0 aliphatic rings. The van der Waals surface area contributed by atoms with Crippen molar-refractivity contribution in [1.82, 2.24) is 15.3 Å². The highest BCUT2D eigenvalue weighted by Crippen LogP contribution is 2.25. The minimum absolute atomic E-state index is 0.119. The number of hydrazine groups is 1. The minimum atomic E-state index is -1.10. The Morgan fingerprint density at radius 3 is 2.06 bits per heavy atom. The van der Waals surface area contributed by atoms with Crippen LogP contribution >= 0.6 is 0 Å². The molecule has 2 aromatic rings. The van der Waals surface area contributed by atoms with Crippen molar-refractivity contribution >= 4 is 12.0 Å². The van der Waals surface area contributed by atoms with Crippen molar-refractivity contribution < 1.29 is 19.8 Å². The highest BCUT2D eigenvalue weighted by molar-refractivity contribution is 5.82. The quantitative estimate of drug-likeness (QED) is 0.386. The lowest BCUT2D eigenvalue weighted by atomic mass is 9.84. The van der Waals surface area contributed by atoms with E-state index >= 15 is 0 Å². The van der Waals surface area contributed by atoms with Gasteiger partial charge in [0, 0.05) is 32.2 Å². The summed E-state index contributed by atoms with van der Waals surface area (Å²) in [5, 5.41) is 21.8. The Labute approximate surface area is 196 Å². The van der Waals surface area contributed by atoms with Crippen LogP contribution in [0.5, 0.6) is 0 Å². The molecule has 3 atom stereocenters. The first-order valence-electron chi connectivity index (χ1n) is 11.1. The number of amides is 2. The van der Waals surface area contributed by atoms with Crippen molar-refractivity contribution in [2.24, 2.45) is 11.1 Å². The van der Waals surface area contributed by atoms with Crippen LogP contribution in [0, 0.1) is 5.41 Å². The molecule has 0 aliphatic carbocycles. The fraction of sp³-hybridized carbons (Fsp3) is 0.440. The molecule has 0 heterocycles. The average molecular weight is 457 g/mol. The summed E-state index contributed by atoms with van der Waals surface area (Å²) in [5.74, 6) is -0.345. The second-order valence-electron chi connectivity index (χ2n) is 9.02. The topological polar surface area (TPSA) is 119 Å². The van der Waals surface area contributed by atoms with Crippen molar-refractivity contribution in [1.29, 1.82) is 0 Å². The summed E-state index contributed by atoms with van der Waals surface area (Å²) in [6.07, 6.45) is -1.50. The summed E-state index contributed by atoms with van der Waals surface area (Å²) < 4.78 is 0. The first-order valence-corrected chi connectivity index (χ1v) is 11.1. The van der Waals surface area contributed by atoms with E-state index in [-0.39, 0.29) is 12.5 Å². The third kappa shape index (κ3) is 7.56. The lowest BCUT2D eigenvalue weighted by Gasteiger charge is -2.37. The molecule has 5 N–H and O–H groups in total. The number of carbonyl (C=O) groups is 2. The zero-order valence-electron chi connectivity index (χ0n) is 19.8. The van der Waals surface area contributed by atoms with Crippen molar-refractivity contribution in [2.75, 3.05) is 13.6 Å².